The second-order valence-electron chi connectivity index (χ2n) is 6.60. The molecule has 1 aliphatic rings. The molecule has 7 heteroatoms. The Bertz CT molecular complexity index is 960. The molecule has 144 valence electrons. The number of nitrogens with two attached hydrogens (primary N) is 1. The van der Waals surface area contributed by atoms with Crippen LogP contribution in [0.4, 0.5) is 28.7 Å². The van der Waals surface area contributed by atoms with Crippen LogP contribution >= 0.6 is 0 Å². The highest BCUT2D eigenvalue weighted by atomic mass is 16.7. The van der Waals surface area contributed by atoms with Gasteiger partial charge in [-0.25, -0.2) is 9.97 Å². The number of anilines is 5. The molecule has 1 aromatic heterocycles. The number of nitrogens with one attached hydrogen (secondary N) is 2. The minimum Gasteiger partial charge on any atom is -0.454 e. The van der Waals surface area contributed by atoms with Crippen LogP contribution in [0.5, 0.6) is 11.5 Å². The number of hydrogen-bond acceptors (Lipinski definition) is 7. The molecule has 2 heterocycles. The first-order chi connectivity index (χ1) is 13.7. The Morgan fingerprint density at radius 3 is 2.36 bits per heavy atom. The van der Waals surface area contributed by atoms with E-state index >= 15 is 0 Å². The van der Waals surface area contributed by atoms with Gasteiger partial charge >= 0.3 is 0 Å². The van der Waals surface area contributed by atoms with Crippen LogP contribution in [0.1, 0.15) is 25.3 Å². The van der Waals surface area contributed by atoms with Gasteiger partial charge in [-0.2, -0.15) is 0 Å². The van der Waals surface area contributed by atoms with E-state index in [1.807, 2.05) is 30.3 Å². The first kappa shape index (κ1) is 17.9. The molecule has 28 heavy (non-hydrogen) atoms. The summed E-state index contributed by atoms with van der Waals surface area (Å²) in [5.74, 6) is 2.50. The summed E-state index contributed by atoms with van der Waals surface area (Å²) in [5, 5.41) is 6.47. The summed E-state index contributed by atoms with van der Waals surface area (Å²) >= 11 is 0. The van der Waals surface area contributed by atoms with E-state index in [4.69, 9.17) is 15.2 Å². The number of aromatic nitrogens is 2. The summed E-state index contributed by atoms with van der Waals surface area (Å²) in [6.07, 6.45) is 4.96. The smallest absolute Gasteiger partial charge is 0.231 e. The van der Waals surface area contributed by atoms with E-state index in [1.165, 1.54) is 24.7 Å². The molecule has 3 aromatic rings. The standard InChI is InChI=1S/C21H23N5O2/c1-2-3-4-14-5-7-15(8-6-14)25-20-19(22)21(24-12-23-20)26-16-9-10-17-18(11-16)28-13-27-17/h5-12H,2-4,13,22H2,1H3,(H2,23,24,25,26). The van der Waals surface area contributed by atoms with Gasteiger partial charge in [-0.3, -0.25) is 0 Å². The Kier molecular flexibility index (Phi) is 5.14. The summed E-state index contributed by atoms with van der Waals surface area (Å²) in [6, 6.07) is 13.9. The number of nitrogens with zero attached hydrogens (tertiary/aromatic N) is 2. The van der Waals surface area contributed by atoms with Crippen molar-refractivity contribution in [1.82, 2.24) is 9.97 Å². The van der Waals surface area contributed by atoms with E-state index in [0.717, 1.165) is 23.5 Å². The van der Waals surface area contributed by atoms with Crippen molar-refractivity contribution in [3.05, 3.63) is 54.4 Å². The lowest BCUT2D eigenvalue weighted by atomic mass is 10.1. The number of nitrogen functional groups attached to an aromatic ring is 1. The maximum Gasteiger partial charge on any atom is 0.231 e. The third-order valence-corrected chi connectivity index (χ3v) is 4.55. The predicted octanol–water partition coefficient (Wildman–Crippen LogP) is 4.62. The van der Waals surface area contributed by atoms with Crippen LogP contribution in [0.15, 0.2) is 48.8 Å². The van der Waals surface area contributed by atoms with Crippen molar-refractivity contribution in [2.75, 3.05) is 23.2 Å². The van der Waals surface area contributed by atoms with Gasteiger partial charge in [0.05, 0.1) is 0 Å². The maximum atomic E-state index is 6.28. The average molecular weight is 377 g/mol. The van der Waals surface area contributed by atoms with Crippen molar-refractivity contribution in [2.45, 2.75) is 26.2 Å². The Balaban J connectivity index is 1.49. The number of aryl methyl sites for hydroxylation is 1. The lowest BCUT2D eigenvalue weighted by Crippen LogP contribution is -2.05. The molecule has 4 rings (SSSR count). The SMILES string of the molecule is CCCCc1ccc(Nc2ncnc(Nc3ccc4c(c3)OCO4)c2N)cc1. The third-order valence-electron chi connectivity index (χ3n) is 4.55. The van der Waals surface area contributed by atoms with Crippen molar-refractivity contribution >= 4 is 28.7 Å². The summed E-state index contributed by atoms with van der Waals surface area (Å²) in [7, 11) is 0. The first-order valence-corrected chi connectivity index (χ1v) is 9.36. The van der Waals surface area contributed by atoms with Gasteiger partial charge in [0.15, 0.2) is 23.1 Å². The largest absolute Gasteiger partial charge is 0.454 e. The highest BCUT2D eigenvalue weighted by molar-refractivity contribution is 5.80. The van der Waals surface area contributed by atoms with Gasteiger partial charge in [0.2, 0.25) is 6.79 Å². The van der Waals surface area contributed by atoms with Crippen molar-refractivity contribution < 1.29 is 9.47 Å². The van der Waals surface area contributed by atoms with E-state index in [-0.39, 0.29) is 6.79 Å². The van der Waals surface area contributed by atoms with Gasteiger partial charge in [0.25, 0.3) is 0 Å². The van der Waals surface area contributed by atoms with Gasteiger partial charge in [-0.1, -0.05) is 25.5 Å². The summed E-state index contributed by atoms with van der Waals surface area (Å²) in [6.45, 7) is 2.43. The molecular weight excluding hydrogens is 354 g/mol. The molecule has 1 aliphatic heterocycles. The van der Waals surface area contributed by atoms with Crippen LogP contribution in [0.25, 0.3) is 0 Å². The third kappa shape index (κ3) is 3.93. The fourth-order valence-corrected chi connectivity index (χ4v) is 2.98. The molecular formula is C21H23N5O2. The molecule has 0 unspecified atom stereocenters. The van der Waals surface area contributed by atoms with Crippen molar-refractivity contribution in [1.29, 1.82) is 0 Å². The van der Waals surface area contributed by atoms with E-state index in [9.17, 15) is 0 Å². The van der Waals surface area contributed by atoms with Gasteiger partial charge in [0, 0.05) is 17.4 Å². The number of hydrogen-bond donors (Lipinski definition) is 3. The first-order valence-electron chi connectivity index (χ1n) is 9.36. The number of benzene rings is 2. The Morgan fingerprint density at radius 2 is 1.61 bits per heavy atom. The number of ether oxygens (including phenoxy) is 2. The number of unbranched alkanes of at least 4 members (excludes halogenated alkanes) is 1. The Labute approximate surface area is 163 Å². The van der Waals surface area contributed by atoms with Crippen LogP contribution in [0, 0.1) is 0 Å². The molecule has 0 saturated heterocycles. The maximum absolute atomic E-state index is 6.28. The number of rotatable bonds is 7. The second-order valence-corrected chi connectivity index (χ2v) is 6.60. The minimum absolute atomic E-state index is 0.236. The highest BCUT2D eigenvalue weighted by Gasteiger charge is 2.15. The van der Waals surface area contributed by atoms with E-state index in [2.05, 4.69) is 39.7 Å². The zero-order chi connectivity index (χ0) is 19.3. The summed E-state index contributed by atoms with van der Waals surface area (Å²) in [4.78, 5) is 8.53. The predicted molar refractivity (Wildman–Crippen MR) is 111 cm³/mol. The molecule has 0 saturated carbocycles. The molecule has 0 bridgehead atoms. The molecule has 0 aliphatic carbocycles. The molecule has 7 nitrogen and oxygen atoms in total. The summed E-state index contributed by atoms with van der Waals surface area (Å²) < 4.78 is 10.7. The number of fused-ring (bicyclic) bond motifs is 1. The molecule has 0 radical (unpaired) electrons. The van der Waals surface area contributed by atoms with Crippen molar-refractivity contribution in [2.24, 2.45) is 0 Å². The van der Waals surface area contributed by atoms with Gasteiger partial charge < -0.3 is 25.8 Å². The topological polar surface area (TPSA) is 94.3 Å². The van der Waals surface area contributed by atoms with Crippen molar-refractivity contribution in [3.63, 3.8) is 0 Å². The van der Waals surface area contributed by atoms with Crippen LogP contribution in [-0.4, -0.2) is 16.8 Å². The van der Waals surface area contributed by atoms with Gasteiger partial charge in [-0.05, 0) is 42.7 Å². The van der Waals surface area contributed by atoms with Gasteiger partial charge in [0.1, 0.15) is 12.0 Å². The van der Waals surface area contributed by atoms with Crippen LogP contribution in [0.2, 0.25) is 0 Å². The molecule has 0 amide bonds. The Morgan fingerprint density at radius 1 is 0.929 bits per heavy atom. The highest BCUT2D eigenvalue weighted by Crippen LogP contribution is 2.36. The second kappa shape index (κ2) is 8.04. The minimum atomic E-state index is 0.236. The molecule has 2 aromatic carbocycles. The Hall–Kier alpha value is -3.48. The van der Waals surface area contributed by atoms with E-state index in [1.54, 1.807) is 0 Å². The van der Waals surface area contributed by atoms with Crippen LogP contribution in [0.3, 0.4) is 0 Å². The molecule has 0 atom stereocenters. The molecule has 0 spiro atoms. The zero-order valence-electron chi connectivity index (χ0n) is 15.7. The normalized spacial score (nSPS) is 12.0. The van der Waals surface area contributed by atoms with Crippen LogP contribution in [-0.2, 0) is 6.42 Å². The zero-order valence-corrected chi connectivity index (χ0v) is 15.7. The van der Waals surface area contributed by atoms with Crippen molar-refractivity contribution in [3.8, 4) is 11.5 Å². The lowest BCUT2D eigenvalue weighted by Gasteiger charge is -2.13. The monoisotopic (exact) mass is 377 g/mol. The fourth-order valence-electron chi connectivity index (χ4n) is 2.98. The average Bonchev–Trinajstić information content (AvgIpc) is 3.18. The molecule has 4 N–H and O–H groups in total. The van der Waals surface area contributed by atoms with Gasteiger partial charge in [-0.15, -0.1) is 0 Å². The van der Waals surface area contributed by atoms with Crippen LogP contribution < -0.4 is 25.8 Å². The summed E-state index contributed by atoms with van der Waals surface area (Å²) in [5.41, 5.74) is 9.79. The lowest BCUT2D eigenvalue weighted by molar-refractivity contribution is 0.174. The van der Waals surface area contributed by atoms with E-state index < -0.39 is 0 Å². The quantitative estimate of drug-likeness (QED) is 0.553. The molecule has 0 fully saturated rings. The fraction of sp³-hybridized carbons (Fsp3) is 0.238. The van der Waals surface area contributed by atoms with E-state index in [0.29, 0.717) is 23.1 Å².